The van der Waals surface area contributed by atoms with Crippen LogP contribution < -0.4 is 0 Å². The molecular weight excluding hydrogens is 396 g/mol. The maximum absolute atomic E-state index is 13.1. The van der Waals surface area contributed by atoms with Crippen LogP contribution in [0.3, 0.4) is 0 Å². The van der Waals surface area contributed by atoms with Crippen molar-refractivity contribution < 1.29 is 9.59 Å². The van der Waals surface area contributed by atoms with Crippen LogP contribution in [-0.4, -0.2) is 63.6 Å². The van der Waals surface area contributed by atoms with E-state index in [0.29, 0.717) is 30.5 Å². The van der Waals surface area contributed by atoms with Crippen molar-refractivity contribution in [3.63, 3.8) is 0 Å². The maximum Gasteiger partial charge on any atom is 0.253 e. The molecule has 2 aromatic rings. The van der Waals surface area contributed by atoms with E-state index < -0.39 is 0 Å². The lowest BCUT2D eigenvalue weighted by Gasteiger charge is -2.37. The zero-order valence-electron chi connectivity index (χ0n) is 17.8. The summed E-state index contributed by atoms with van der Waals surface area (Å²) in [5, 5.41) is 0.894. The van der Waals surface area contributed by atoms with Crippen molar-refractivity contribution in [2.24, 2.45) is 11.8 Å². The van der Waals surface area contributed by atoms with E-state index in [1.165, 1.54) is 6.42 Å². The topological polar surface area (TPSA) is 58.4 Å². The van der Waals surface area contributed by atoms with Gasteiger partial charge < -0.3 is 9.80 Å². The molecule has 7 heteroatoms. The summed E-state index contributed by atoms with van der Waals surface area (Å²) in [7, 11) is 0. The van der Waals surface area contributed by atoms with Crippen LogP contribution in [0.15, 0.2) is 41.8 Å². The Kier molecular flexibility index (Phi) is 6.46. The number of rotatable bonds is 4. The molecule has 160 valence electrons. The van der Waals surface area contributed by atoms with E-state index >= 15 is 0 Å². The fourth-order valence-corrected chi connectivity index (χ4v) is 5.12. The van der Waals surface area contributed by atoms with Crippen LogP contribution in [0.5, 0.6) is 0 Å². The van der Waals surface area contributed by atoms with E-state index in [4.69, 9.17) is 0 Å². The first kappa shape index (κ1) is 21.0. The summed E-state index contributed by atoms with van der Waals surface area (Å²) in [5.41, 5.74) is 1.62. The number of aromatic nitrogens is 2. The van der Waals surface area contributed by atoms with E-state index in [9.17, 15) is 9.59 Å². The molecule has 1 atom stereocenters. The summed E-state index contributed by atoms with van der Waals surface area (Å²) >= 11 is 1.57. The molecule has 0 spiro atoms. The number of carbonyl (C=O) groups excluding carboxylic acids is 2. The van der Waals surface area contributed by atoms with Gasteiger partial charge in [-0.25, -0.2) is 4.98 Å². The zero-order valence-corrected chi connectivity index (χ0v) is 18.6. The van der Waals surface area contributed by atoms with Gasteiger partial charge in [-0.05, 0) is 56.1 Å². The number of amides is 2. The van der Waals surface area contributed by atoms with Crippen LogP contribution in [0.1, 0.15) is 43.0 Å². The highest BCUT2D eigenvalue weighted by atomic mass is 32.2. The highest BCUT2D eigenvalue weighted by Crippen LogP contribution is 2.25. The fourth-order valence-electron chi connectivity index (χ4n) is 4.59. The number of likely N-dealkylation sites (tertiary alicyclic amines) is 2. The average molecular weight is 427 g/mol. The van der Waals surface area contributed by atoms with Gasteiger partial charge in [0.2, 0.25) is 5.91 Å². The Bertz CT molecular complexity index is 904. The normalized spacial score (nSPS) is 20.4. The zero-order chi connectivity index (χ0) is 21.1. The predicted molar refractivity (Wildman–Crippen MR) is 119 cm³/mol. The second-order valence-electron chi connectivity index (χ2n) is 8.43. The Morgan fingerprint density at radius 1 is 1.10 bits per heavy atom. The van der Waals surface area contributed by atoms with Gasteiger partial charge in [0.1, 0.15) is 0 Å². The minimum Gasteiger partial charge on any atom is -0.342 e. The standard InChI is InChI=1S/C23H30N4O2S/c1-17-5-4-11-26(16-17)21(28)18-8-12-25(13-9-18)22(29)19-6-3-7-20(15-19)27-14-10-24-23(27)30-2/h3,6-7,10,14-15,17-18H,4-5,8-9,11-13,16H2,1-2H3. The summed E-state index contributed by atoms with van der Waals surface area (Å²) in [5.74, 6) is 0.986. The molecule has 30 heavy (non-hydrogen) atoms. The van der Waals surface area contributed by atoms with E-state index in [1.807, 2.05) is 51.1 Å². The molecule has 0 radical (unpaired) electrons. The van der Waals surface area contributed by atoms with Crippen molar-refractivity contribution in [1.29, 1.82) is 0 Å². The van der Waals surface area contributed by atoms with Crippen LogP contribution in [0.25, 0.3) is 5.69 Å². The van der Waals surface area contributed by atoms with Crippen molar-refractivity contribution in [3.8, 4) is 5.69 Å². The lowest BCUT2D eigenvalue weighted by Crippen LogP contribution is -2.47. The third-order valence-corrected chi connectivity index (χ3v) is 6.93. The Hall–Kier alpha value is -2.28. The molecule has 2 aliphatic heterocycles. The van der Waals surface area contributed by atoms with Crippen LogP contribution in [0.4, 0.5) is 0 Å². The van der Waals surface area contributed by atoms with Gasteiger partial charge >= 0.3 is 0 Å². The van der Waals surface area contributed by atoms with Gasteiger partial charge in [0.15, 0.2) is 5.16 Å². The number of imidazole rings is 1. The van der Waals surface area contributed by atoms with Crippen LogP contribution in [-0.2, 0) is 4.79 Å². The molecule has 1 aromatic heterocycles. The molecule has 0 saturated carbocycles. The van der Waals surface area contributed by atoms with Crippen molar-refractivity contribution >= 4 is 23.6 Å². The van der Waals surface area contributed by atoms with Crippen LogP contribution in [0.2, 0.25) is 0 Å². The second-order valence-corrected chi connectivity index (χ2v) is 9.21. The Labute approximate surface area is 182 Å². The predicted octanol–water partition coefficient (Wildman–Crippen LogP) is 3.70. The molecule has 2 amide bonds. The first-order valence-corrected chi connectivity index (χ1v) is 12.0. The van der Waals surface area contributed by atoms with E-state index in [1.54, 1.807) is 18.0 Å². The van der Waals surface area contributed by atoms with Gasteiger partial charge in [0.05, 0.1) is 0 Å². The molecule has 6 nitrogen and oxygen atoms in total. The minimum absolute atomic E-state index is 0.0418. The number of piperidine rings is 2. The first-order valence-electron chi connectivity index (χ1n) is 10.8. The quantitative estimate of drug-likeness (QED) is 0.700. The largest absolute Gasteiger partial charge is 0.342 e. The number of hydrogen-bond donors (Lipinski definition) is 0. The van der Waals surface area contributed by atoms with Gasteiger partial charge in [0.25, 0.3) is 5.91 Å². The van der Waals surface area contributed by atoms with Crippen molar-refractivity contribution in [2.75, 3.05) is 32.4 Å². The maximum atomic E-state index is 13.1. The number of carbonyl (C=O) groups is 2. The van der Waals surface area contributed by atoms with Crippen molar-refractivity contribution in [1.82, 2.24) is 19.4 Å². The lowest BCUT2D eigenvalue weighted by atomic mass is 9.92. The van der Waals surface area contributed by atoms with E-state index in [0.717, 1.165) is 43.2 Å². The van der Waals surface area contributed by atoms with Gasteiger partial charge in [-0.3, -0.25) is 14.2 Å². The van der Waals surface area contributed by atoms with Crippen LogP contribution in [0, 0.1) is 11.8 Å². The molecule has 3 heterocycles. The number of benzene rings is 1. The van der Waals surface area contributed by atoms with Gasteiger partial charge in [-0.15, -0.1) is 0 Å². The summed E-state index contributed by atoms with van der Waals surface area (Å²) in [6.07, 6.45) is 9.51. The molecule has 2 aliphatic rings. The smallest absolute Gasteiger partial charge is 0.253 e. The molecule has 0 aliphatic carbocycles. The number of thioether (sulfide) groups is 1. The van der Waals surface area contributed by atoms with E-state index in [2.05, 4.69) is 11.9 Å². The average Bonchev–Trinajstić information content (AvgIpc) is 3.27. The highest BCUT2D eigenvalue weighted by molar-refractivity contribution is 7.98. The summed E-state index contributed by atoms with van der Waals surface area (Å²) < 4.78 is 1.99. The van der Waals surface area contributed by atoms with E-state index in [-0.39, 0.29) is 11.8 Å². The summed E-state index contributed by atoms with van der Waals surface area (Å²) in [6.45, 7) is 5.28. The van der Waals surface area contributed by atoms with Gasteiger partial charge in [-0.1, -0.05) is 24.8 Å². The molecular formula is C23H30N4O2S. The second kappa shape index (κ2) is 9.25. The molecule has 2 fully saturated rings. The summed E-state index contributed by atoms with van der Waals surface area (Å²) in [4.78, 5) is 34.3. The first-order chi connectivity index (χ1) is 14.6. The number of hydrogen-bond acceptors (Lipinski definition) is 4. The number of nitrogens with zero attached hydrogens (tertiary/aromatic N) is 4. The summed E-state index contributed by atoms with van der Waals surface area (Å²) in [6, 6.07) is 7.70. The Balaban J connectivity index is 1.39. The van der Waals surface area contributed by atoms with Gasteiger partial charge in [0, 0.05) is 55.7 Å². The molecule has 0 bridgehead atoms. The Morgan fingerprint density at radius 2 is 1.90 bits per heavy atom. The van der Waals surface area contributed by atoms with Crippen LogP contribution >= 0.6 is 11.8 Å². The molecule has 1 aromatic carbocycles. The molecule has 4 rings (SSSR count). The highest BCUT2D eigenvalue weighted by Gasteiger charge is 2.32. The van der Waals surface area contributed by atoms with Gasteiger partial charge in [-0.2, -0.15) is 0 Å². The SMILES string of the molecule is CSc1nccn1-c1cccc(C(=O)N2CCC(C(=O)N3CCCC(C)C3)CC2)c1. The molecule has 0 N–H and O–H groups in total. The fraction of sp³-hybridized carbons (Fsp3) is 0.522. The Morgan fingerprint density at radius 3 is 2.63 bits per heavy atom. The third kappa shape index (κ3) is 4.41. The monoisotopic (exact) mass is 426 g/mol. The minimum atomic E-state index is 0.0418. The molecule has 1 unspecified atom stereocenters. The molecule has 2 saturated heterocycles. The lowest BCUT2D eigenvalue weighted by molar-refractivity contribution is -0.138. The third-order valence-electron chi connectivity index (χ3n) is 6.26. The van der Waals surface area contributed by atoms with Crippen molar-refractivity contribution in [2.45, 2.75) is 37.8 Å². The van der Waals surface area contributed by atoms with Crippen molar-refractivity contribution in [3.05, 3.63) is 42.2 Å².